The molecule has 7 heteroatoms. The van der Waals surface area contributed by atoms with Gasteiger partial charge in [0.05, 0.1) is 0 Å². The second kappa shape index (κ2) is 6.18. The molecule has 2 amide bonds. The van der Waals surface area contributed by atoms with Gasteiger partial charge in [-0.05, 0) is 37.1 Å². The molecule has 0 atom stereocenters. The Hall–Kier alpha value is -2.38. The molecule has 106 valence electrons. The molecule has 7 nitrogen and oxygen atoms in total. The summed E-state index contributed by atoms with van der Waals surface area (Å²) in [5.41, 5.74) is 6.66. The van der Waals surface area contributed by atoms with Crippen LogP contribution in [0.3, 0.4) is 0 Å². The molecular formula is C13H17N5O2. The van der Waals surface area contributed by atoms with Gasteiger partial charge in [0.2, 0.25) is 5.91 Å². The van der Waals surface area contributed by atoms with Crippen molar-refractivity contribution in [1.82, 2.24) is 15.8 Å². The molecule has 0 aliphatic carbocycles. The monoisotopic (exact) mass is 275 g/mol. The number of aromatic amines is 1. The molecule has 0 spiro atoms. The Labute approximate surface area is 115 Å². The molecule has 7 N–H and O–H groups in total. The van der Waals surface area contributed by atoms with Gasteiger partial charge in [-0.2, -0.15) is 0 Å². The zero-order valence-electron chi connectivity index (χ0n) is 10.9. The predicted molar refractivity (Wildman–Crippen MR) is 75.2 cm³/mol. The zero-order valence-corrected chi connectivity index (χ0v) is 10.9. The van der Waals surface area contributed by atoms with E-state index < -0.39 is 0 Å². The number of nitrogen functional groups attached to an aromatic ring is 1. The Balaban J connectivity index is 2.09. The summed E-state index contributed by atoms with van der Waals surface area (Å²) < 4.78 is 0. The second-order valence-electron chi connectivity index (χ2n) is 4.49. The molecule has 0 fully saturated rings. The van der Waals surface area contributed by atoms with Crippen LogP contribution < -0.4 is 22.5 Å². The maximum absolute atomic E-state index is 11.4. The smallest absolute Gasteiger partial charge is 0.265 e. The SMILES string of the molecule is NNC(=O)CCCc1cc2cc(C(=O)NN)ccc2[nH]1. The molecule has 0 bridgehead atoms. The Morgan fingerprint density at radius 1 is 1.15 bits per heavy atom. The van der Waals surface area contributed by atoms with Gasteiger partial charge in [-0.1, -0.05) is 0 Å². The highest BCUT2D eigenvalue weighted by molar-refractivity contribution is 5.97. The first-order valence-corrected chi connectivity index (χ1v) is 6.26. The highest BCUT2D eigenvalue weighted by Crippen LogP contribution is 2.18. The van der Waals surface area contributed by atoms with Gasteiger partial charge >= 0.3 is 0 Å². The van der Waals surface area contributed by atoms with Gasteiger partial charge in [0.15, 0.2) is 0 Å². The Morgan fingerprint density at radius 3 is 2.65 bits per heavy atom. The van der Waals surface area contributed by atoms with E-state index in [4.69, 9.17) is 11.7 Å². The number of carbonyl (C=O) groups is 2. The molecule has 0 saturated carbocycles. The average Bonchev–Trinajstić information content (AvgIpc) is 2.87. The van der Waals surface area contributed by atoms with Crippen LogP contribution in [0.1, 0.15) is 28.9 Å². The number of H-pyrrole nitrogens is 1. The first-order valence-electron chi connectivity index (χ1n) is 6.26. The van der Waals surface area contributed by atoms with E-state index in [-0.39, 0.29) is 11.8 Å². The minimum absolute atomic E-state index is 0.178. The second-order valence-corrected chi connectivity index (χ2v) is 4.49. The quantitative estimate of drug-likeness (QED) is 0.301. The van der Waals surface area contributed by atoms with Crippen molar-refractivity contribution in [3.8, 4) is 0 Å². The lowest BCUT2D eigenvalue weighted by Gasteiger charge is -1.98. The fraction of sp³-hybridized carbons (Fsp3) is 0.231. The van der Waals surface area contributed by atoms with Gasteiger partial charge in [0.1, 0.15) is 0 Å². The molecule has 2 rings (SSSR count). The Kier molecular flexibility index (Phi) is 4.34. The topological polar surface area (TPSA) is 126 Å². The summed E-state index contributed by atoms with van der Waals surface area (Å²) in [7, 11) is 0. The lowest BCUT2D eigenvalue weighted by Crippen LogP contribution is -2.29. The molecule has 0 saturated heterocycles. The molecule has 0 aliphatic rings. The first-order chi connectivity index (χ1) is 9.63. The third-order valence-electron chi connectivity index (χ3n) is 3.08. The van der Waals surface area contributed by atoms with Crippen LogP contribution in [0.4, 0.5) is 0 Å². The van der Waals surface area contributed by atoms with Crippen LogP contribution in [-0.4, -0.2) is 16.8 Å². The summed E-state index contributed by atoms with van der Waals surface area (Å²) >= 11 is 0. The highest BCUT2D eigenvalue weighted by atomic mass is 16.2. The molecule has 2 aromatic rings. The van der Waals surface area contributed by atoms with Gasteiger partial charge in [-0.25, -0.2) is 11.7 Å². The summed E-state index contributed by atoms with van der Waals surface area (Å²) in [5.74, 6) is 9.62. The predicted octanol–water partition coefficient (Wildman–Crippen LogP) is 0.0840. The summed E-state index contributed by atoms with van der Waals surface area (Å²) in [6.07, 6.45) is 1.82. The maximum Gasteiger partial charge on any atom is 0.265 e. The fourth-order valence-electron chi connectivity index (χ4n) is 2.06. The number of fused-ring (bicyclic) bond motifs is 1. The number of aromatic nitrogens is 1. The van der Waals surface area contributed by atoms with Crippen LogP contribution >= 0.6 is 0 Å². The lowest BCUT2D eigenvalue weighted by atomic mass is 10.1. The molecule has 0 radical (unpaired) electrons. The van der Waals surface area contributed by atoms with Crippen LogP contribution in [0.25, 0.3) is 10.9 Å². The Bertz CT molecular complexity index is 635. The van der Waals surface area contributed by atoms with Crippen LogP contribution in [0.5, 0.6) is 0 Å². The number of amides is 2. The van der Waals surface area contributed by atoms with Crippen molar-refractivity contribution in [2.45, 2.75) is 19.3 Å². The van der Waals surface area contributed by atoms with Crippen molar-refractivity contribution in [2.75, 3.05) is 0 Å². The van der Waals surface area contributed by atoms with Gasteiger partial charge in [-0.3, -0.25) is 20.4 Å². The number of hydrogen-bond acceptors (Lipinski definition) is 4. The normalized spacial score (nSPS) is 10.5. The van der Waals surface area contributed by atoms with Crippen molar-refractivity contribution in [1.29, 1.82) is 0 Å². The van der Waals surface area contributed by atoms with E-state index in [1.165, 1.54) is 0 Å². The first kappa shape index (κ1) is 14.0. The molecular weight excluding hydrogens is 258 g/mol. The number of rotatable bonds is 5. The Morgan fingerprint density at radius 2 is 1.95 bits per heavy atom. The number of benzene rings is 1. The number of aryl methyl sites for hydroxylation is 1. The van der Waals surface area contributed by atoms with E-state index in [9.17, 15) is 9.59 Å². The van der Waals surface area contributed by atoms with Crippen molar-refractivity contribution in [3.63, 3.8) is 0 Å². The molecule has 1 aromatic carbocycles. The summed E-state index contributed by atoms with van der Waals surface area (Å²) in [6.45, 7) is 0. The van der Waals surface area contributed by atoms with E-state index in [0.29, 0.717) is 18.4 Å². The summed E-state index contributed by atoms with van der Waals surface area (Å²) in [5, 5.41) is 0.935. The van der Waals surface area contributed by atoms with Gasteiger partial charge in [-0.15, -0.1) is 0 Å². The van der Waals surface area contributed by atoms with E-state index in [0.717, 1.165) is 23.0 Å². The van der Waals surface area contributed by atoms with Crippen molar-refractivity contribution >= 4 is 22.7 Å². The highest BCUT2D eigenvalue weighted by Gasteiger charge is 2.07. The number of hydrazine groups is 2. The van der Waals surface area contributed by atoms with Gasteiger partial charge < -0.3 is 4.98 Å². The van der Waals surface area contributed by atoms with Crippen molar-refractivity contribution in [3.05, 3.63) is 35.5 Å². The standard InChI is InChI=1S/C13H17N5O2/c14-17-12(19)3-1-2-10-7-9-6-8(13(20)18-15)4-5-11(9)16-10/h4-7,16H,1-3,14-15H2,(H,17,19)(H,18,20). The maximum atomic E-state index is 11.4. The summed E-state index contributed by atoms with van der Waals surface area (Å²) in [4.78, 5) is 25.7. The number of nitrogens with two attached hydrogens (primary N) is 2. The van der Waals surface area contributed by atoms with E-state index >= 15 is 0 Å². The number of carbonyl (C=O) groups excluding carboxylic acids is 2. The van der Waals surface area contributed by atoms with Crippen LogP contribution in [0.15, 0.2) is 24.3 Å². The van der Waals surface area contributed by atoms with Crippen LogP contribution in [0, 0.1) is 0 Å². The minimum atomic E-state index is -0.325. The van der Waals surface area contributed by atoms with Crippen LogP contribution in [-0.2, 0) is 11.2 Å². The largest absolute Gasteiger partial charge is 0.358 e. The van der Waals surface area contributed by atoms with Crippen molar-refractivity contribution in [2.24, 2.45) is 11.7 Å². The minimum Gasteiger partial charge on any atom is -0.358 e. The number of nitrogens with one attached hydrogen (secondary N) is 3. The summed E-state index contributed by atoms with van der Waals surface area (Å²) in [6, 6.07) is 7.26. The molecule has 0 unspecified atom stereocenters. The van der Waals surface area contributed by atoms with Gasteiger partial charge in [0, 0.05) is 28.6 Å². The number of hydrogen-bond donors (Lipinski definition) is 5. The van der Waals surface area contributed by atoms with E-state index in [2.05, 4.69) is 15.8 Å². The van der Waals surface area contributed by atoms with E-state index in [1.54, 1.807) is 12.1 Å². The lowest BCUT2D eigenvalue weighted by molar-refractivity contribution is -0.121. The van der Waals surface area contributed by atoms with Gasteiger partial charge in [0.25, 0.3) is 5.91 Å². The van der Waals surface area contributed by atoms with E-state index in [1.807, 2.05) is 12.1 Å². The molecule has 0 aliphatic heterocycles. The third-order valence-corrected chi connectivity index (χ3v) is 3.08. The molecule has 20 heavy (non-hydrogen) atoms. The zero-order chi connectivity index (χ0) is 14.5. The molecule has 1 heterocycles. The van der Waals surface area contributed by atoms with Crippen molar-refractivity contribution < 1.29 is 9.59 Å². The fourth-order valence-corrected chi connectivity index (χ4v) is 2.06. The van der Waals surface area contributed by atoms with Crippen LogP contribution in [0.2, 0.25) is 0 Å². The molecule has 1 aromatic heterocycles. The third kappa shape index (κ3) is 3.14. The average molecular weight is 275 g/mol.